The van der Waals surface area contributed by atoms with E-state index in [2.05, 4.69) is 6.58 Å². The third-order valence-electron chi connectivity index (χ3n) is 6.26. The molecule has 42 heavy (non-hydrogen) atoms. The second-order valence-corrected chi connectivity index (χ2v) is 9.70. The van der Waals surface area contributed by atoms with Crippen LogP contribution in [0.2, 0.25) is 0 Å². The van der Waals surface area contributed by atoms with Gasteiger partial charge in [-0.15, -0.1) is 0 Å². The predicted octanol–water partition coefficient (Wildman–Crippen LogP) is 7.45. The van der Waals surface area contributed by atoms with Crippen LogP contribution in [0.15, 0.2) is 91.0 Å². The SMILES string of the molecule is C=C(C)C(=O)OCCCCCCOc1ccc(-c2ccc(OCCCOC(=O)/C=C/c3ccc(OC)cc3)cc2)cc1. The molecule has 0 amide bonds. The van der Waals surface area contributed by atoms with Crippen LogP contribution < -0.4 is 14.2 Å². The van der Waals surface area contributed by atoms with Gasteiger partial charge in [-0.05, 0) is 91.8 Å². The van der Waals surface area contributed by atoms with Gasteiger partial charge in [0.25, 0.3) is 0 Å². The van der Waals surface area contributed by atoms with Gasteiger partial charge in [-0.25, -0.2) is 9.59 Å². The molecule has 7 nitrogen and oxygen atoms in total. The Morgan fingerprint density at radius 1 is 0.643 bits per heavy atom. The summed E-state index contributed by atoms with van der Waals surface area (Å²) >= 11 is 0. The summed E-state index contributed by atoms with van der Waals surface area (Å²) in [7, 11) is 1.61. The fourth-order valence-electron chi connectivity index (χ4n) is 3.87. The molecular formula is C35H40O7. The largest absolute Gasteiger partial charge is 0.497 e. The standard InChI is InChI=1S/C35H40O7/c1-27(2)35(37)42-24-7-5-4-6-23-39-32-18-12-29(13-19-32)30-14-20-33(21-15-30)40-25-8-26-41-34(36)22-11-28-9-16-31(38-3)17-10-28/h9-22H,1,4-8,23-26H2,2-3H3/b22-11+. The van der Waals surface area contributed by atoms with Gasteiger partial charge in [-0.2, -0.15) is 0 Å². The minimum absolute atomic E-state index is 0.283. The molecule has 0 heterocycles. The molecule has 0 aliphatic heterocycles. The van der Waals surface area contributed by atoms with Gasteiger partial charge in [-0.3, -0.25) is 0 Å². The Kier molecular flexibility index (Phi) is 13.7. The first-order chi connectivity index (χ1) is 20.4. The van der Waals surface area contributed by atoms with Crippen molar-refractivity contribution in [2.45, 2.75) is 39.0 Å². The lowest BCUT2D eigenvalue weighted by Crippen LogP contribution is -2.06. The number of esters is 2. The first-order valence-corrected chi connectivity index (χ1v) is 14.2. The second kappa shape index (κ2) is 18.0. The molecule has 0 atom stereocenters. The highest BCUT2D eigenvalue weighted by molar-refractivity contribution is 5.87. The molecule has 0 aliphatic carbocycles. The number of hydrogen-bond donors (Lipinski definition) is 0. The van der Waals surface area contributed by atoms with Gasteiger partial charge in [0.1, 0.15) is 17.2 Å². The number of hydrogen-bond acceptors (Lipinski definition) is 7. The molecular weight excluding hydrogens is 532 g/mol. The van der Waals surface area contributed by atoms with Gasteiger partial charge in [0, 0.05) is 18.1 Å². The minimum Gasteiger partial charge on any atom is -0.497 e. The zero-order valence-corrected chi connectivity index (χ0v) is 24.5. The van der Waals surface area contributed by atoms with Crippen LogP contribution in [-0.4, -0.2) is 45.5 Å². The van der Waals surface area contributed by atoms with Crippen LogP contribution in [0.3, 0.4) is 0 Å². The van der Waals surface area contributed by atoms with Crippen molar-refractivity contribution >= 4 is 18.0 Å². The maximum absolute atomic E-state index is 11.9. The molecule has 0 radical (unpaired) electrons. The summed E-state index contributed by atoms with van der Waals surface area (Å²) in [6.07, 6.45) is 7.51. The number of methoxy groups -OCH3 is 1. The Bertz CT molecular complexity index is 1280. The maximum Gasteiger partial charge on any atom is 0.333 e. The summed E-state index contributed by atoms with van der Waals surface area (Å²) in [5, 5.41) is 0. The smallest absolute Gasteiger partial charge is 0.333 e. The van der Waals surface area contributed by atoms with Gasteiger partial charge >= 0.3 is 11.9 Å². The highest BCUT2D eigenvalue weighted by Gasteiger charge is 2.04. The van der Waals surface area contributed by atoms with Crippen LogP contribution in [0.5, 0.6) is 17.2 Å². The maximum atomic E-state index is 11.9. The number of carbonyl (C=O) groups is 2. The van der Waals surface area contributed by atoms with Crippen molar-refractivity contribution in [1.82, 2.24) is 0 Å². The van der Waals surface area contributed by atoms with Gasteiger partial charge in [0.05, 0.1) is 33.5 Å². The van der Waals surface area contributed by atoms with Crippen LogP contribution in [0, 0.1) is 0 Å². The van der Waals surface area contributed by atoms with E-state index in [0.717, 1.165) is 59.6 Å². The molecule has 0 fully saturated rings. The molecule has 0 saturated carbocycles. The molecule has 3 rings (SSSR count). The number of carbonyl (C=O) groups excluding carboxylic acids is 2. The Morgan fingerprint density at radius 3 is 1.69 bits per heavy atom. The van der Waals surface area contributed by atoms with Gasteiger partial charge < -0.3 is 23.7 Å². The summed E-state index contributed by atoms with van der Waals surface area (Å²) in [6, 6.07) is 23.3. The molecule has 7 heteroatoms. The highest BCUT2D eigenvalue weighted by Crippen LogP contribution is 2.25. The van der Waals surface area contributed by atoms with E-state index in [1.165, 1.54) is 6.08 Å². The number of rotatable bonds is 18. The molecule has 222 valence electrons. The quantitative estimate of drug-likeness (QED) is 0.0890. The molecule has 0 aromatic heterocycles. The van der Waals surface area contributed by atoms with Crippen LogP contribution >= 0.6 is 0 Å². The Hall–Kier alpha value is -4.52. The van der Waals surface area contributed by atoms with Gasteiger partial charge in [0.2, 0.25) is 0 Å². The summed E-state index contributed by atoms with van der Waals surface area (Å²) in [5.41, 5.74) is 3.50. The molecule has 0 saturated heterocycles. The monoisotopic (exact) mass is 572 g/mol. The summed E-state index contributed by atoms with van der Waals surface area (Å²) in [4.78, 5) is 23.2. The Labute approximate surface area is 248 Å². The van der Waals surface area contributed by atoms with Crippen molar-refractivity contribution in [1.29, 1.82) is 0 Å². The van der Waals surface area contributed by atoms with E-state index in [0.29, 0.717) is 31.8 Å². The van der Waals surface area contributed by atoms with E-state index in [4.69, 9.17) is 23.7 Å². The molecule has 3 aromatic rings. The molecule has 0 N–H and O–H groups in total. The number of benzene rings is 3. The van der Waals surface area contributed by atoms with E-state index in [-0.39, 0.29) is 18.5 Å². The lowest BCUT2D eigenvalue weighted by molar-refractivity contribution is -0.139. The van der Waals surface area contributed by atoms with Crippen molar-refractivity contribution in [2.24, 2.45) is 0 Å². The predicted molar refractivity (Wildman–Crippen MR) is 165 cm³/mol. The minimum atomic E-state index is -0.387. The fourth-order valence-corrected chi connectivity index (χ4v) is 3.87. The average molecular weight is 573 g/mol. The van der Waals surface area contributed by atoms with Gasteiger partial charge in [0.15, 0.2) is 0 Å². The van der Waals surface area contributed by atoms with Crippen LogP contribution in [0.1, 0.15) is 44.6 Å². The van der Waals surface area contributed by atoms with Crippen LogP contribution in [0.25, 0.3) is 17.2 Å². The van der Waals surface area contributed by atoms with Crippen LogP contribution in [0.4, 0.5) is 0 Å². The third kappa shape index (κ3) is 11.9. The van der Waals surface area contributed by atoms with E-state index in [1.54, 1.807) is 20.1 Å². The van der Waals surface area contributed by atoms with Crippen molar-refractivity contribution in [3.63, 3.8) is 0 Å². The second-order valence-electron chi connectivity index (χ2n) is 9.70. The van der Waals surface area contributed by atoms with Gasteiger partial charge in [-0.1, -0.05) is 43.0 Å². The fraction of sp³-hybridized carbons (Fsp3) is 0.314. The van der Waals surface area contributed by atoms with Crippen molar-refractivity contribution in [2.75, 3.05) is 33.5 Å². The van der Waals surface area contributed by atoms with E-state index in [1.807, 2.05) is 72.8 Å². The number of unbranched alkanes of at least 4 members (excludes halogenated alkanes) is 3. The zero-order chi connectivity index (χ0) is 30.0. The molecule has 0 bridgehead atoms. The zero-order valence-electron chi connectivity index (χ0n) is 24.5. The lowest BCUT2D eigenvalue weighted by atomic mass is 10.1. The first kappa shape index (κ1) is 32.0. The number of ether oxygens (including phenoxy) is 5. The van der Waals surface area contributed by atoms with Crippen LogP contribution in [-0.2, 0) is 19.1 Å². The normalized spacial score (nSPS) is 10.7. The summed E-state index contributed by atoms with van der Waals surface area (Å²) < 4.78 is 27.1. The van der Waals surface area contributed by atoms with E-state index in [9.17, 15) is 9.59 Å². The Morgan fingerprint density at radius 2 is 1.14 bits per heavy atom. The topological polar surface area (TPSA) is 80.3 Å². The van der Waals surface area contributed by atoms with Crippen molar-refractivity contribution < 1.29 is 33.3 Å². The molecule has 0 spiro atoms. The van der Waals surface area contributed by atoms with E-state index < -0.39 is 0 Å². The highest BCUT2D eigenvalue weighted by atomic mass is 16.5. The molecule has 0 aliphatic rings. The summed E-state index contributed by atoms with van der Waals surface area (Å²) in [6.45, 7) is 7.03. The van der Waals surface area contributed by atoms with Crippen molar-refractivity contribution in [3.8, 4) is 28.4 Å². The average Bonchev–Trinajstić information content (AvgIpc) is 3.01. The summed E-state index contributed by atoms with van der Waals surface area (Å²) in [5.74, 6) is 1.66. The Balaban J connectivity index is 1.27. The van der Waals surface area contributed by atoms with Crippen molar-refractivity contribution in [3.05, 3.63) is 96.6 Å². The van der Waals surface area contributed by atoms with E-state index >= 15 is 0 Å². The first-order valence-electron chi connectivity index (χ1n) is 14.2. The molecule has 3 aromatic carbocycles. The lowest BCUT2D eigenvalue weighted by Gasteiger charge is -2.09. The third-order valence-corrected chi connectivity index (χ3v) is 6.26. The molecule has 0 unspecified atom stereocenters.